The van der Waals surface area contributed by atoms with Crippen LogP contribution in [0.3, 0.4) is 0 Å². The van der Waals surface area contributed by atoms with Crippen molar-refractivity contribution in [3.8, 4) is 5.75 Å². The molecule has 0 heterocycles. The minimum absolute atomic E-state index is 0.0590. The number of nitro benzene ring substituents is 1. The highest BCUT2D eigenvalue weighted by molar-refractivity contribution is 7.92. The van der Waals surface area contributed by atoms with Crippen LogP contribution >= 0.6 is 0 Å². The summed E-state index contributed by atoms with van der Waals surface area (Å²) < 4.78 is 33.3. The van der Waals surface area contributed by atoms with Crippen LogP contribution in [-0.4, -0.2) is 32.9 Å². The Morgan fingerprint density at radius 2 is 1.79 bits per heavy atom. The Morgan fingerprint density at radius 3 is 2.48 bits per heavy atom. The lowest BCUT2D eigenvalue weighted by atomic mass is 10.1. The SMILES string of the molecule is CCNc1ccc(C(=O)Nc2cccc(S(=O)(=O)Nc3ccccc3OC)c2)cc1[N+](=O)[O-]. The molecule has 3 aromatic carbocycles. The molecule has 0 saturated carbocycles. The summed E-state index contributed by atoms with van der Waals surface area (Å²) in [6.07, 6.45) is 0. The smallest absolute Gasteiger partial charge is 0.293 e. The molecule has 1 amide bonds. The second kappa shape index (κ2) is 10.0. The number of hydrogen-bond acceptors (Lipinski definition) is 7. The van der Waals surface area contributed by atoms with E-state index in [1.54, 1.807) is 31.2 Å². The Labute approximate surface area is 190 Å². The van der Waals surface area contributed by atoms with Crippen LogP contribution in [0.4, 0.5) is 22.7 Å². The summed E-state index contributed by atoms with van der Waals surface area (Å²) in [4.78, 5) is 23.3. The Kier molecular flexibility index (Phi) is 7.13. The highest BCUT2D eigenvalue weighted by atomic mass is 32.2. The molecule has 0 aliphatic heterocycles. The van der Waals surface area contributed by atoms with Gasteiger partial charge in [-0.1, -0.05) is 18.2 Å². The van der Waals surface area contributed by atoms with Gasteiger partial charge in [0.15, 0.2) is 0 Å². The van der Waals surface area contributed by atoms with E-state index < -0.39 is 20.9 Å². The molecule has 0 bridgehead atoms. The van der Waals surface area contributed by atoms with Crippen molar-refractivity contribution in [2.75, 3.05) is 29.0 Å². The number of nitrogens with zero attached hydrogens (tertiary/aromatic N) is 1. The van der Waals surface area contributed by atoms with Crippen LogP contribution in [0.2, 0.25) is 0 Å². The normalized spacial score (nSPS) is 10.8. The topological polar surface area (TPSA) is 140 Å². The molecule has 172 valence electrons. The molecule has 0 aliphatic carbocycles. The number of nitro groups is 1. The molecule has 0 spiro atoms. The lowest BCUT2D eigenvalue weighted by molar-refractivity contribution is -0.384. The highest BCUT2D eigenvalue weighted by Gasteiger charge is 2.19. The summed E-state index contributed by atoms with van der Waals surface area (Å²) in [5.41, 5.74) is 0.601. The van der Waals surface area contributed by atoms with Gasteiger partial charge >= 0.3 is 0 Å². The molecule has 0 aliphatic rings. The maximum atomic E-state index is 12.8. The van der Waals surface area contributed by atoms with Gasteiger partial charge in [-0.05, 0) is 49.4 Å². The zero-order valence-electron chi connectivity index (χ0n) is 17.9. The number of methoxy groups -OCH3 is 1. The second-order valence-corrected chi connectivity index (χ2v) is 8.49. The minimum Gasteiger partial charge on any atom is -0.495 e. The van der Waals surface area contributed by atoms with E-state index >= 15 is 0 Å². The molecule has 0 radical (unpaired) electrons. The first kappa shape index (κ1) is 23.5. The van der Waals surface area contributed by atoms with Gasteiger partial charge in [-0.25, -0.2) is 8.42 Å². The average Bonchev–Trinajstić information content (AvgIpc) is 2.79. The summed E-state index contributed by atoms with van der Waals surface area (Å²) >= 11 is 0. The minimum atomic E-state index is -3.98. The number of hydrogen-bond donors (Lipinski definition) is 3. The van der Waals surface area contributed by atoms with Crippen LogP contribution in [-0.2, 0) is 10.0 Å². The predicted molar refractivity (Wildman–Crippen MR) is 125 cm³/mol. The number of rotatable bonds is 9. The molecule has 3 aromatic rings. The van der Waals surface area contributed by atoms with Crippen LogP contribution in [0.1, 0.15) is 17.3 Å². The quantitative estimate of drug-likeness (QED) is 0.316. The van der Waals surface area contributed by atoms with Gasteiger partial charge in [0.2, 0.25) is 0 Å². The number of carbonyl (C=O) groups excluding carboxylic acids is 1. The van der Waals surface area contributed by atoms with Crippen molar-refractivity contribution in [1.29, 1.82) is 0 Å². The highest BCUT2D eigenvalue weighted by Crippen LogP contribution is 2.28. The maximum Gasteiger partial charge on any atom is 0.293 e. The van der Waals surface area contributed by atoms with Crippen molar-refractivity contribution in [3.05, 3.63) is 82.4 Å². The van der Waals surface area contributed by atoms with Crippen molar-refractivity contribution in [2.45, 2.75) is 11.8 Å². The molecule has 10 nitrogen and oxygen atoms in total. The number of anilines is 3. The zero-order chi connectivity index (χ0) is 24.0. The Bertz CT molecular complexity index is 1290. The van der Waals surface area contributed by atoms with Gasteiger partial charge in [-0.2, -0.15) is 0 Å². The largest absolute Gasteiger partial charge is 0.495 e. The van der Waals surface area contributed by atoms with Gasteiger partial charge in [0.1, 0.15) is 11.4 Å². The lowest BCUT2D eigenvalue weighted by Crippen LogP contribution is -2.15. The Morgan fingerprint density at radius 1 is 1.03 bits per heavy atom. The number of benzene rings is 3. The van der Waals surface area contributed by atoms with Crippen LogP contribution in [0.5, 0.6) is 5.75 Å². The fourth-order valence-corrected chi connectivity index (χ4v) is 4.16. The second-order valence-electron chi connectivity index (χ2n) is 6.81. The van der Waals surface area contributed by atoms with Gasteiger partial charge in [-0.15, -0.1) is 0 Å². The molecule has 0 saturated heterocycles. The summed E-state index contributed by atoms with van der Waals surface area (Å²) in [7, 11) is -2.55. The fourth-order valence-electron chi connectivity index (χ4n) is 3.04. The van der Waals surface area contributed by atoms with Crippen LogP contribution in [0.15, 0.2) is 71.6 Å². The predicted octanol–water partition coefficient (Wildman–Crippen LogP) is 4.09. The van der Waals surface area contributed by atoms with Crippen LogP contribution in [0.25, 0.3) is 0 Å². The first-order valence-corrected chi connectivity index (χ1v) is 11.3. The van der Waals surface area contributed by atoms with Crippen molar-refractivity contribution in [3.63, 3.8) is 0 Å². The Hall–Kier alpha value is -4.12. The summed E-state index contributed by atoms with van der Waals surface area (Å²) in [6.45, 7) is 2.28. The van der Waals surface area contributed by atoms with Gasteiger partial charge < -0.3 is 15.4 Å². The number of carbonyl (C=O) groups is 1. The molecule has 11 heteroatoms. The maximum absolute atomic E-state index is 12.8. The van der Waals surface area contributed by atoms with Gasteiger partial charge in [0.25, 0.3) is 21.6 Å². The van der Waals surface area contributed by atoms with E-state index in [1.807, 2.05) is 0 Å². The third-order valence-electron chi connectivity index (χ3n) is 4.58. The molecule has 0 unspecified atom stereocenters. The van der Waals surface area contributed by atoms with E-state index in [9.17, 15) is 23.3 Å². The van der Waals surface area contributed by atoms with Gasteiger partial charge in [-0.3, -0.25) is 19.6 Å². The zero-order valence-corrected chi connectivity index (χ0v) is 18.7. The standard InChI is InChI=1S/C22H22N4O6S/c1-3-23-18-12-11-15(13-20(18)26(28)29)22(27)24-16-7-6-8-17(14-16)33(30,31)25-19-9-4-5-10-21(19)32-2/h4-14,23,25H,3H2,1-2H3,(H,24,27). The first-order valence-electron chi connectivity index (χ1n) is 9.84. The van der Waals surface area contributed by atoms with Crippen molar-refractivity contribution >= 4 is 38.7 Å². The van der Waals surface area contributed by atoms with Crippen molar-refractivity contribution in [1.82, 2.24) is 0 Å². The molecule has 0 atom stereocenters. The summed E-state index contributed by atoms with van der Waals surface area (Å²) in [5.74, 6) is -0.262. The number of amides is 1. The van der Waals surface area contributed by atoms with E-state index in [1.165, 1.54) is 43.5 Å². The Balaban J connectivity index is 1.83. The van der Waals surface area contributed by atoms with Crippen molar-refractivity contribution in [2.24, 2.45) is 0 Å². The summed E-state index contributed by atoms with van der Waals surface area (Å²) in [5, 5.41) is 16.8. The van der Waals surface area contributed by atoms with E-state index in [-0.39, 0.29) is 27.5 Å². The van der Waals surface area contributed by atoms with Crippen molar-refractivity contribution < 1.29 is 22.9 Å². The fraction of sp³-hybridized carbons (Fsp3) is 0.136. The van der Waals surface area contributed by atoms with E-state index in [0.29, 0.717) is 18.0 Å². The molecule has 3 N–H and O–H groups in total. The number of para-hydroxylation sites is 2. The molecular weight excluding hydrogens is 448 g/mol. The van der Waals surface area contributed by atoms with Gasteiger partial charge in [0.05, 0.1) is 22.6 Å². The lowest BCUT2D eigenvalue weighted by Gasteiger charge is -2.13. The molecule has 33 heavy (non-hydrogen) atoms. The molecular formula is C22H22N4O6S. The number of nitrogens with one attached hydrogen (secondary N) is 3. The number of sulfonamides is 1. The third-order valence-corrected chi connectivity index (χ3v) is 5.94. The number of ether oxygens (including phenoxy) is 1. The monoisotopic (exact) mass is 470 g/mol. The van der Waals surface area contributed by atoms with E-state index in [0.717, 1.165) is 6.07 Å². The van der Waals surface area contributed by atoms with Crippen LogP contribution in [0, 0.1) is 10.1 Å². The van der Waals surface area contributed by atoms with E-state index in [2.05, 4.69) is 15.4 Å². The van der Waals surface area contributed by atoms with E-state index in [4.69, 9.17) is 4.74 Å². The van der Waals surface area contributed by atoms with Crippen LogP contribution < -0.4 is 20.1 Å². The summed E-state index contributed by atoms with van der Waals surface area (Å²) in [6, 6.07) is 16.3. The molecule has 3 rings (SSSR count). The molecule has 0 aromatic heterocycles. The van der Waals surface area contributed by atoms with Gasteiger partial charge in [0, 0.05) is 23.9 Å². The molecule has 0 fully saturated rings. The average molecular weight is 471 g/mol. The first-order chi connectivity index (χ1) is 15.7. The third kappa shape index (κ3) is 5.57.